The van der Waals surface area contributed by atoms with E-state index >= 15 is 0 Å². The van der Waals surface area contributed by atoms with E-state index in [1.54, 1.807) is 17.4 Å². The highest BCUT2D eigenvalue weighted by Gasteiger charge is 2.22. The minimum absolute atomic E-state index is 0.0324. The van der Waals surface area contributed by atoms with Crippen molar-refractivity contribution in [1.82, 2.24) is 19.5 Å². The first-order valence-corrected chi connectivity index (χ1v) is 21.6. The van der Waals surface area contributed by atoms with Gasteiger partial charge < -0.3 is 4.57 Å². The normalized spacial score (nSPS) is 12.5. The van der Waals surface area contributed by atoms with Crippen LogP contribution in [0, 0.1) is 11.3 Å². The van der Waals surface area contributed by atoms with E-state index in [2.05, 4.69) is 108 Å². The van der Waals surface area contributed by atoms with E-state index in [0.29, 0.717) is 22.5 Å². The lowest BCUT2D eigenvalue weighted by molar-refractivity contribution is 1.07. The third-order valence-corrected chi connectivity index (χ3v) is 13.0. The Hall–Kier alpha value is -8.50. The molecule has 3 aromatic heterocycles. The second-order valence-corrected chi connectivity index (χ2v) is 16.6. The van der Waals surface area contributed by atoms with E-state index in [4.69, 9.17) is 21.8 Å². The summed E-state index contributed by atoms with van der Waals surface area (Å²) in [7, 11) is 0. The Morgan fingerprint density at radius 1 is 0.422 bits per heavy atom. The highest BCUT2D eigenvalue weighted by atomic mass is 32.1. The summed E-state index contributed by atoms with van der Waals surface area (Å²) in [5.74, 6) is 0.545. The molecule has 0 aliphatic carbocycles. The van der Waals surface area contributed by atoms with Crippen molar-refractivity contribution in [2.24, 2.45) is 0 Å². The molecular formula is C58H35N5S. The summed E-state index contributed by atoms with van der Waals surface area (Å²) in [5, 5.41) is 13.9. The predicted octanol–water partition coefficient (Wildman–Crippen LogP) is 15.2. The molecule has 5 nitrogen and oxygen atoms in total. The van der Waals surface area contributed by atoms with Gasteiger partial charge in [0.05, 0.1) is 29.5 Å². The van der Waals surface area contributed by atoms with E-state index < -0.39 is 30.2 Å². The van der Waals surface area contributed by atoms with Crippen molar-refractivity contribution < 1.29 is 6.85 Å². The van der Waals surface area contributed by atoms with Gasteiger partial charge >= 0.3 is 0 Å². The molecule has 0 saturated heterocycles. The Balaban J connectivity index is 1.18. The monoisotopic (exact) mass is 838 g/mol. The maximum absolute atomic E-state index is 9.79. The van der Waals surface area contributed by atoms with Crippen molar-refractivity contribution in [2.75, 3.05) is 0 Å². The first kappa shape index (κ1) is 32.2. The maximum Gasteiger partial charge on any atom is 0.165 e. The van der Waals surface area contributed by atoms with Crippen molar-refractivity contribution in [3.05, 3.63) is 218 Å². The molecule has 0 spiro atoms. The number of thiophene rings is 1. The van der Waals surface area contributed by atoms with E-state index in [1.165, 1.54) is 0 Å². The molecule has 0 radical (unpaired) electrons. The Bertz CT molecular complexity index is 4080. The number of nitrogens with zero attached hydrogens (tertiary/aromatic N) is 5. The molecule has 298 valence electrons. The lowest BCUT2D eigenvalue weighted by Gasteiger charge is -2.13. The Morgan fingerprint density at radius 3 is 1.84 bits per heavy atom. The van der Waals surface area contributed by atoms with E-state index in [0.717, 1.165) is 81.0 Å². The van der Waals surface area contributed by atoms with Crippen LogP contribution in [-0.4, -0.2) is 19.5 Å². The molecule has 0 aliphatic heterocycles. The van der Waals surface area contributed by atoms with Crippen LogP contribution in [0.3, 0.4) is 0 Å². The molecular weight excluding hydrogens is 799 g/mol. The third kappa shape index (κ3) is 6.42. The van der Waals surface area contributed by atoms with Crippen molar-refractivity contribution in [1.29, 1.82) is 5.26 Å². The summed E-state index contributed by atoms with van der Waals surface area (Å²) in [6.45, 7) is 0. The molecule has 12 aromatic rings. The molecule has 12 rings (SSSR count). The first-order valence-electron chi connectivity index (χ1n) is 23.3. The van der Waals surface area contributed by atoms with Crippen LogP contribution in [0.2, 0.25) is 0 Å². The molecule has 3 heterocycles. The molecule has 0 bridgehead atoms. The fourth-order valence-electron chi connectivity index (χ4n) is 8.79. The minimum Gasteiger partial charge on any atom is -0.309 e. The van der Waals surface area contributed by atoms with Crippen LogP contribution >= 0.6 is 11.3 Å². The Labute approximate surface area is 380 Å². The number of rotatable bonds is 7. The first-order chi connectivity index (χ1) is 33.7. The minimum atomic E-state index is -0.497. The van der Waals surface area contributed by atoms with Crippen molar-refractivity contribution in [3.8, 4) is 79.3 Å². The number of fused-ring (bicyclic) bond motifs is 6. The SMILES string of the molecule is [2H]c1c([2H])c([2H])c(-c2nc(-c3ccccc3)nc(-c3cc(-n4c5ccccc5c5ccc(-c6cccc(C#N)c6)cc54)cc4c3sc3c(-c5cccc(-c6ccccc6)c5)cccc34)n2)c([2H])c1[2H]. The van der Waals surface area contributed by atoms with Crippen LogP contribution in [0.1, 0.15) is 12.4 Å². The second kappa shape index (κ2) is 15.4. The molecule has 6 heteroatoms. The predicted molar refractivity (Wildman–Crippen MR) is 264 cm³/mol. The van der Waals surface area contributed by atoms with Gasteiger partial charge in [-0.1, -0.05) is 170 Å². The van der Waals surface area contributed by atoms with E-state index in [1.807, 2.05) is 78.9 Å². The van der Waals surface area contributed by atoms with Crippen molar-refractivity contribution >= 4 is 53.3 Å². The number of benzene rings is 9. The summed E-state index contributed by atoms with van der Waals surface area (Å²) < 4.78 is 47.7. The molecule has 9 aromatic carbocycles. The van der Waals surface area contributed by atoms with Crippen LogP contribution in [0.4, 0.5) is 0 Å². The van der Waals surface area contributed by atoms with Gasteiger partial charge in [0.15, 0.2) is 17.5 Å². The van der Waals surface area contributed by atoms with Crippen LogP contribution in [-0.2, 0) is 0 Å². The lowest BCUT2D eigenvalue weighted by atomic mass is 9.97. The topological polar surface area (TPSA) is 67.4 Å². The lowest BCUT2D eigenvalue weighted by Crippen LogP contribution is -2.01. The molecule has 0 saturated carbocycles. The maximum atomic E-state index is 9.79. The summed E-state index contributed by atoms with van der Waals surface area (Å²) in [6, 6.07) is 61.5. The molecule has 0 N–H and O–H groups in total. The van der Waals surface area contributed by atoms with Crippen LogP contribution in [0.5, 0.6) is 0 Å². The number of nitriles is 1. The summed E-state index contributed by atoms with van der Waals surface area (Å²) in [6.07, 6.45) is 0. The average molecular weight is 839 g/mol. The van der Waals surface area contributed by atoms with E-state index in [-0.39, 0.29) is 17.2 Å². The zero-order chi connectivity index (χ0) is 46.9. The molecule has 64 heavy (non-hydrogen) atoms. The van der Waals surface area contributed by atoms with Crippen LogP contribution < -0.4 is 0 Å². The fourth-order valence-corrected chi connectivity index (χ4v) is 10.1. The summed E-state index contributed by atoms with van der Waals surface area (Å²) >= 11 is 1.64. The van der Waals surface area contributed by atoms with Gasteiger partial charge in [-0.2, -0.15) is 5.26 Å². The zero-order valence-corrected chi connectivity index (χ0v) is 34.8. The highest BCUT2D eigenvalue weighted by molar-refractivity contribution is 7.26. The Kier molecular flexibility index (Phi) is 7.78. The summed E-state index contributed by atoms with van der Waals surface area (Å²) in [5.41, 5.74) is 10.9. The fraction of sp³-hybridized carbons (Fsp3) is 0. The van der Waals surface area contributed by atoms with Gasteiger partial charge in [0, 0.05) is 53.3 Å². The van der Waals surface area contributed by atoms with Gasteiger partial charge in [-0.25, -0.2) is 15.0 Å². The number of hydrogen-bond acceptors (Lipinski definition) is 5. The van der Waals surface area contributed by atoms with Gasteiger partial charge in [-0.05, 0) is 75.8 Å². The van der Waals surface area contributed by atoms with Crippen molar-refractivity contribution in [3.63, 3.8) is 0 Å². The Morgan fingerprint density at radius 2 is 1.03 bits per heavy atom. The van der Waals surface area contributed by atoms with E-state index in [9.17, 15) is 5.26 Å². The van der Waals surface area contributed by atoms with Gasteiger partial charge in [-0.3, -0.25) is 0 Å². The molecule has 0 unspecified atom stereocenters. The standard InChI is InChI=1S/C58H35N5S/c59-36-37-15-12-22-41(31-37)43-29-30-48-47-25-10-11-28-52(47)63(53(48)33-43)45-34-50-49-27-14-26-46(44-24-13-23-42(32-44)38-16-4-1-5-17-38)54(49)64-55(50)51(35-45)58-61-56(39-18-6-2-7-19-39)60-57(62-58)40-20-8-3-9-21-40/h1-35H/i2D,6D,7D,18D,19D. The van der Waals surface area contributed by atoms with Crippen molar-refractivity contribution in [2.45, 2.75) is 0 Å². The second-order valence-electron chi connectivity index (χ2n) is 15.6. The zero-order valence-electron chi connectivity index (χ0n) is 39.0. The summed E-state index contributed by atoms with van der Waals surface area (Å²) in [4.78, 5) is 15.1. The molecule has 0 atom stereocenters. The number of aromatic nitrogens is 4. The van der Waals surface area contributed by atoms with Gasteiger partial charge in [0.25, 0.3) is 0 Å². The quantitative estimate of drug-likeness (QED) is 0.160. The largest absolute Gasteiger partial charge is 0.309 e. The highest BCUT2D eigenvalue weighted by Crippen LogP contribution is 2.46. The smallest absolute Gasteiger partial charge is 0.165 e. The molecule has 0 aliphatic rings. The molecule has 0 amide bonds. The number of para-hydroxylation sites is 1. The average Bonchev–Trinajstić information content (AvgIpc) is 3.95. The third-order valence-electron chi connectivity index (χ3n) is 11.8. The van der Waals surface area contributed by atoms with Crippen LogP contribution in [0.15, 0.2) is 212 Å². The molecule has 0 fully saturated rings. The van der Waals surface area contributed by atoms with Gasteiger partial charge in [-0.15, -0.1) is 11.3 Å². The number of hydrogen-bond donors (Lipinski definition) is 0. The van der Waals surface area contributed by atoms with Gasteiger partial charge in [0.1, 0.15) is 0 Å². The van der Waals surface area contributed by atoms with Crippen LogP contribution in [0.25, 0.3) is 115 Å². The van der Waals surface area contributed by atoms with Gasteiger partial charge in [0.2, 0.25) is 0 Å².